The van der Waals surface area contributed by atoms with Crippen LogP contribution in [-0.4, -0.2) is 82.7 Å². The molecule has 2 aromatic carbocycles. The van der Waals surface area contributed by atoms with Crippen LogP contribution in [0.1, 0.15) is 56.9 Å². The SMILES string of the molecule is CC(C)CC(=O)N[C@@H](CCCN=C(N)N)C(=O)N[C@@H](Cc1cnc[nH]1)C(=O)N[C@@H](C)C(=O)C(=O)N[C@H](COCc1ccccc1)Cc1ccccc1. The number of ketones is 1. The topological polar surface area (TPSA) is 236 Å². The molecule has 0 saturated carbocycles. The highest BCUT2D eigenvalue weighted by Crippen LogP contribution is 2.09. The maximum atomic E-state index is 13.6. The maximum absolute atomic E-state index is 13.6. The van der Waals surface area contributed by atoms with Crippen LogP contribution in [-0.2, 0) is 48.2 Å². The lowest BCUT2D eigenvalue weighted by Gasteiger charge is -2.24. The van der Waals surface area contributed by atoms with Gasteiger partial charge in [-0.1, -0.05) is 74.5 Å². The van der Waals surface area contributed by atoms with Gasteiger partial charge in [0.15, 0.2) is 5.96 Å². The zero-order valence-electron chi connectivity index (χ0n) is 30.0. The number of carbonyl (C=O) groups excluding carboxylic acids is 5. The summed E-state index contributed by atoms with van der Waals surface area (Å²) in [5, 5.41) is 10.8. The number of aromatic nitrogens is 2. The summed E-state index contributed by atoms with van der Waals surface area (Å²) in [5.74, 6) is -3.46. The molecular weight excluding hydrogens is 666 g/mol. The zero-order valence-corrected chi connectivity index (χ0v) is 30.0. The summed E-state index contributed by atoms with van der Waals surface area (Å²) in [7, 11) is 0. The molecule has 3 rings (SSSR count). The van der Waals surface area contributed by atoms with Gasteiger partial charge in [-0.25, -0.2) is 4.98 Å². The Bertz CT molecular complexity index is 1600. The number of nitrogens with zero attached hydrogens (tertiary/aromatic N) is 2. The molecule has 15 heteroatoms. The van der Waals surface area contributed by atoms with Crippen LogP contribution in [0, 0.1) is 5.92 Å². The van der Waals surface area contributed by atoms with E-state index in [0.717, 1.165) is 11.1 Å². The van der Waals surface area contributed by atoms with Crippen LogP contribution < -0.4 is 32.7 Å². The van der Waals surface area contributed by atoms with Crippen molar-refractivity contribution >= 4 is 35.4 Å². The largest absolute Gasteiger partial charge is 0.375 e. The molecule has 15 nitrogen and oxygen atoms in total. The van der Waals surface area contributed by atoms with Crippen LogP contribution >= 0.6 is 0 Å². The lowest BCUT2D eigenvalue weighted by molar-refractivity contribution is -0.140. The fourth-order valence-corrected chi connectivity index (χ4v) is 5.27. The van der Waals surface area contributed by atoms with Crippen LogP contribution in [0.4, 0.5) is 0 Å². The predicted molar refractivity (Wildman–Crippen MR) is 196 cm³/mol. The molecule has 52 heavy (non-hydrogen) atoms. The fraction of sp³-hybridized carbons (Fsp3) is 0.432. The zero-order chi connectivity index (χ0) is 37.9. The number of nitrogens with two attached hydrogens (primary N) is 2. The number of ether oxygens (including phenoxy) is 1. The number of rotatable bonds is 22. The molecule has 4 atom stereocenters. The highest BCUT2D eigenvalue weighted by molar-refractivity contribution is 6.38. The summed E-state index contributed by atoms with van der Waals surface area (Å²) < 4.78 is 5.89. The Balaban J connectivity index is 1.68. The number of amides is 4. The van der Waals surface area contributed by atoms with Gasteiger partial charge in [0, 0.05) is 31.3 Å². The number of hydrogen-bond donors (Lipinski definition) is 7. The molecule has 3 aromatic rings. The third-order valence-electron chi connectivity index (χ3n) is 7.87. The molecule has 0 saturated heterocycles. The molecular formula is C37H51N9O6. The molecule has 0 aliphatic heterocycles. The number of benzene rings is 2. The number of imidazole rings is 1. The van der Waals surface area contributed by atoms with Gasteiger partial charge in [0.1, 0.15) is 12.1 Å². The summed E-state index contributed by atoms with van der Waals surface area (Å²) in [6.45, 7) is 5.85. The molecule has 1 aromatic heterocycles. The van der Waals surface area contributed by atoms with Gasteiger partial charge in [-0.15, -0.1) is 0 Å². The highest BCUT2D eigenvalue weighted by atomic mass is 16.5. The Morgan fingerprint density at radius 3 is 2.10 bits per heavy atom. The van der Waals surface area contributed by atoms with Crippen LogP contribution in [0.3, 0.4) is 0 Å². The third-order valence-corrected chi connectivity index (χ3v) is 7.87. The van der Waals surface area contributed by atoms with Gasteiger partial charge < -0.3 is 42.5 Å². The van der Waals surface area contributed by atoms with E-state index >= 15 is 0 Å². The van der Waals surface area contributed by atoms with Crippen molar-refractivity contribution < 1.29 is 28.7 Å². The minimum Gasteiger partial charge on any atom is -0.375 e. The van der Waals surface area contributed by atoms with Gasteiger partial charge in [0.25, 0.3) is 5.91 Å². The minimum atomic E-state index is -1.24. The number of H-pyrrole nitrogens is 1. The van der Waals surface area contributed by atoms with Gasteiger partial charge in [-0.2, -0.15) is 0 Å². The van der Waals surface area contributed by atoms with Crippen molar-refractivity contribution in [2.45, 2.75) is 83.6 Å². The Morgan fingerprint density at radius 2 is 1.48 bits per heavy atom. The predicted octanol–water partition coefficient (Wildman–Crippen LogP) is 1.04. The maximum Gasteiger partial charge on any atom is 0.289 e. The summed E-state index contributed by atoms with van der Waals surface area (Å²) in [4.78, 5) is 77.1. The molecule has 4 amide bonds. The van der Waals surface area contributed by atoms with Crippen molar-refractivity contribution in [3.05, 3.63) is 90.0 Å². The molecule has 0 unspecified atom stereocenters. The first kappa shape index (κ1) is 40.9. The van der Waals surface area contributed by atoms with Crippen molar-refractivity contribution in [1.29, 1.82) is 0 Å². The summed E-state index contributed by atoms with van der Waals surface area (Å²) in [5.41, 5.74) is 13.3. The number of nitrogens with one attached hydrogen (secondary N) is 5. The average Bonchev–Trinajstić information content (AvgIpc) is 3.62. The standard InChI is InChI=1S/C37H51N9O6/c1-24(2)17-32(47)45-30(15-10-16-41-37(38)39)34(49)46-31(19-28-20-40-23-42-28)35(50)43-25(3)33(48)36(51)44-29(18-26-11-6-4-7-12-26)22-52-21-27-13-8-5-9-14-27/h4-9,11-14,20,23-25,29-31H,10,15-19,21-22H2,1-3H3,(H,40,42)(H,43,50)(H,44,51)(H,45,47)(H,46,49)(H4,38,39,41)/t25-,29-,30-,31-/m0/s1. The van der Waals surface area contributed by atoms with Crippen molar-refractivity contribution in [3.8, 4) is 0 Å². The molecule has 0 spiro atoms. The number of carbonyl (C=O) groups is 5. The van der Waals surface area contributed by atoms with Gasteiger partial charge >= 0.3 is 0 Å². The van der Waals surface area contributed by atoms with E-state index in [0.29, 0.717) is 25.1 Å². The average molecular weight is 718 g/mol. The van der Waals surface area contributed by atoms with E-state index < -0.39 is 47.7 Å². The Labute approximate surface area is 304 Å². The molecule has 0 radical (unpaired) electrons. The van der Waals surface area contributed by atoms with Crippen molar-refractivity contribution in [3.63, 3.8) is 0 Å². The molecule has 0 bridgehead atoms. The number of aliphatic imine (C=N–C) groups is 1. The normalized spacial score (nSPS) is 13.2. The molecule has 1 heterocycles. The lowest BCUT2D eigenvalue weighted by atomic mass is 10.0. The van der Waals surface area contributed by atoms with E-state index in [4.69, 9.17) is 16.2 Å². The lowest BCUT2D eigenvalue weighted by Crippen LogP contribution is -2.57. The number of aromatic amines is 1. The first-order valence-electron chi connectivity index (χ1n) is 17.3. The van der Waals surface area contributed by atoms with Crippen molar-refractivity contribution in [2.75, 3.05) is 13.2 Å². The van der Waals surface area contributed by atoms with Gasteiger partial charge in [-0.3, -0.25) is 29.0 Å². The van der Waals surface area contributed by atoms with Crippen LogP contribution in [0.25, 0.3) is 0 Å². The van der Waals surface area contributed by atoms with E-state index in [1.807, 2.05) is 74.5 Å². The summed E-state index contributed by atoms with van der Waals surface area (Å²) >= 11 is 0. The van der Waals surface area contributed by atoms with Crippen LogP contribution in [0.15, 0.2) is 78.2 Å². The molecule has 0 aliphatic rings. The van der Waals surface area contributed by atoms with Crippen molar-refractivity contribution in [2.24, 2.45) is 22.4 Å². The second kappa shape index (κ2) is 21.6. The Kier molecular flexibility index (Phi) is 17.0. The van der Waals surface area contributed by atoms with Crippen molar-refractivity contribution in [1.82, 2.24) is 31.2 Å². The van der Waals surface area contributed by atoms with Gasteiger partial charge in [0.05, 0.1) is 31.6 Å². The highest BCUT2D eigenvalue weighted by Gasteiger charge is 2.31. The Morgan fingerprint density at radius 1 is 0.827 bits per heavy atom. The number of guanidine groups is 1. The third kappa shape index (κ3) is 15.1. The second-order valence-corrected chi connectivity index (χ2v) is 13.0. The van der Waals surface area contributed by atoms with Gasteiger partial charge in [-0.05, 0) is 43.2 Å². The molecule has 0 aliphatic carbocycles. The minimum absolute atomic E-state index is 0.0107. The van der Waals surface area contributed by atoms with Crippen LogP contribution in [0.5, 0.6) is 0 Å². The smallest absolute Gasteiger partial charge is 0.289 e. The first-order chi connectivity index (χ1) is 24.9. The van der Waals surface area contributed by atoms with E-state index in [1.54, 1.807) is 0 Å². The monoisotopic (exact) mass is 717 g/mol. The van der Waals surface area contributed by atoms with E-state index in [1.165, 1.54) is 19.4 Å². The first-order valence-corrected chi connectivity index (χ1v) is 17.3. The van der Waals surface area contributed by atoms with E-state index in [2.05, 4.69) is 36.2 Å². The fourth-order valence-electron chi connectivity index (χ4n) is 5.27. The molecule has 9 N–H and O–H groups in total. The number of Topliss-reactive ketones (excluding diaryl/α,β-unsaturated/α-hetero) is 1. The molecule has 0 fully saturated rings. The van der Waals surface area contributed by atoms with E-state index in [9.17, 15) is 24.0 Å². The summed E-state index contributed by atoms with van der Waals surface area (Å²) in [6.07, 6.45) is 4.09. The van der Waals surface area contributed by atoms with Gasteiger partial charge in [0.2, 0.25) is 23.5 Å². The van der Waals surface area contributed by atoms with Crippen LogP contribution in [0.2, 0.25) is 0 Å². The Hall–Kier alpha value is -5.57. The second-order valence-electron chi connectivity index (χ2n) is 13.0. The van der Waals surface area contributed by atoms with E-state index in [-0.39, 0.29) is 50.2 Å². The quantitative estimate of drug-likeness (QED) is 0.0340. The number of hydrogen-bond acceptors (Lipinski definition) is 8. The summed E-state index contributed by atoms with van der Waals surface area (Å²) in [6, 6.07) is 15.1. The molecule has 280 valence electrons.